The maximum absolute atomic E-state index is 7.36. The molecular formula is C68H42N2O4. The van der Waals surface area contributed by atoms with Crippen LogP contribution in [0.2, 0.25) is 0 Å². The predicted octanol–water partition coefficient (Wildman–Crippen LogP) is 20.3. The molecule has 4 heterocycles. The van der Waals surface area contributed by atoms with E-state index < -0.39 is 0 Å². The Hall–Kier alpha value is -9.78. The normalized spacial score (nSPS) is 12.2. The van der Waals surface area contributed by atoms with Crippen molar-refractivity contribution in [1.29, 1.82) is 0 Å². The first-order chi connectivity index (χ1) is 36.5. The van der Waals surface area contributed by atoms with Crippen molar-refractivity contribution in [2.45, 2.75) is 13.8 Å². The minimum atomic E-state index is 0.779. The minimum absolute atomic E-state index is 0.779. The van der Waals surface area contributed by atoms with E-state index in [-0.39, 0.29) is 0 Å². The molecular weight excluding hydrogens is 909 g/mol. The molecule has 12 aromatic carbocycles. The highest BCUT2D eigenvalue weighted by Crippen LogP contribution is 2.55. The summed E-state index contributed by atoms with van der Waals surface area (Å²) in [5.74, 6) is 0. The van der Waals surface area contributed by atoms with E-state index in [1.165, 1.54) is 0 Å². The van der Waals surface area contributed by atoms with Gasteiger partial charge in [-0.15, -0.1) is 0 Å². The van der Waals surface area contributed by atoms with Crippen molar-refractivity contribution in [3.05, 3.63) is 230 Å². The van der Waals surface area contributed by atoms with E-state index in [9.17, 15) is 0 Å². The molecule has 0 aliphatic carbocycles. The molecule has 0 fully saturated rings. The first kappa shape index (κ1) is 40.9. The molecule has 0 saturated heterocycles. The molecule has 0 unspecified atom stereocenters. The number of fused-ring (bicyclic) bond motifs is 20. The second-order valence-corrected chi connectivity index (χ2v) is 19.6. The first-order valence-corrected chi connectivity index (χ1v) is 25.1. The highest BCUT2D eigenvalue weighted by molar-refractivity contribution is 6.40. The number of rotatable bonds is 6. The van der Waals surface area contributed by atoms with Crippen LogP contribution in [0.3, 0.4) is 0 Å². The third-order valence-corrected chi connectivity index (χ3v) is 15.3. The summed E-state index contributed by atoms with van der Waals surface area (Å²) in [6.45, 7) is 4.30. The zero-order valence-electron chi connectivity index (χ0n) is 40.3. The van der Waals surface area contributed by atoms with Gasteiger partial charge in [-0.05, 0) is 119 Å². The Kier molecular flexibility index (Phi) is 8.49. The zero-order valence-corrected chi connectivity index (χ0v) is 40.3. The standard InChI is InChI=1S/C68H42N2O4/c1-39-17-13-19-41(35-39)69(53-29-15-27-47-45-23-5-9-31-57(45)71-65(47)53)55-37-51-43-21-3-4-22-44(43)52-38-56(70(42-20-14-18-40(2)36-42)54-30-16-28-48-46-24-6-10-32-58(46)72-66(48)54)62-50-26-8-12-34-60(50)74-68(62)64(52)63(51)67-61(55)49-25-7-11-33-59(49)73-67/h3-38H,1-2H3. The monoisotopic (exact) mass is 950 g/mol. The van der Waals surface area contributed by atoms with Gasteiger partial charge in [-0.2, -0.15) is 0 Å². The van der Waals surface area contributed by atoms with Crippen molar-refractivity contribution < 1.29 is 17.7 Å². The van der Waals surface area contributed by atoms with Crippen LogP contribution in [-0.2, 0) is 0 Å². The van der Waals surface area contributed by atoms with E-state index in [0.717, 1.165) is 165 Å². The van der Waals surface area contributed by atoms with Gasteiger partial charge in [0.15, 0.2) is 11.2 Å². The SMILES string of the molecule is Cc1cccc(N(c2cccc3c2oc2ccccc23)c2cc3c4ccccc4c4cc(N(c5cccc(C)c5)c5cccc6c5oc5ccccc56)c5c6ccccc6oc5c4c3c3oc4ccccc4c23)c1. The summed E-state index contributed by atoms with van der Waals surface area (Å²) >= 11 is 0. The molecule has 0 atom stereocenters. The number of hydrogen-bond acceptors (Lipinski definition) is 6. The highest BCUT2D eigenvalue weighted by atomic mass is 16.3. The summed E-state index contributed by atoms with van der Waals surface area (Å²) < 4.78 is 28.4. The van der Waals surface area contributed by atoms with Crippen LogP contribution in [0.15, 0.2) is 236 Å². The number of anilines is 6. The molecule has 0 aliphatic rings. The summed E-state index contributed by atoms with van der Waals surface area (Å²) in [5, 5.41) is 14.5. The van der Waals surface area contributed by atoms with Crippen molar-refractivity contribution in [3.63, 3.8) is 0 Å². The van der Waals surface area contributed by atoms with Gasteiger partial charge in [0.25, 0.3) is 0 Å². The Labute approximate surface area is 423 Å². The number of hydrogen-bond donors (Lipinski definition) is 0. The Morgan fingerprint density at radius 1 is 0.243 bits per heavy atom. The lowest BCUT2D eigenvalue weighted by atomic mass is 9.90. The van der Waals surface area contributed by atoms with Gasteiger partial charge in [-0.1, -0.05) is 146 Å². The predicted molar refractivity (Wildman–Crippen MR) is 307 cm³/mol. The second-order valence-electron chi connectivity index (χ2n) is 19.6. The van der Waals surface area contributed by atoms with Crippen molar-refractivity contribution in [3.8, 4) is 0 Å². The molecule has 0 radical (unpaired) electrons. The summed E-state index contributed by atoms with van der Waals surface area (Å²) in [6.07, 6.45) is 0. The number of nitrogens with zero attached hydrogens (tertiary/aromatic N) is 2. The third kappa shape index (κ3) is 5.76. The lowest BCUT2D eigenvalue weighted by Gasteiger charge is -2.28. The van der Waals surface area contributed by atoms with Gasteiger partial charge < -0.3 is 27.5 Å². The topological polar surface area (TPSA) is 59.0 Å². The van der Waals surface area contributed by atoms with E-state index in [4.69, 9.17) is 17.7 Å². The molecule has 0 amide bonds. The largest absolute Gasteiger partial charge is 0.455 e. The first-order valence-electron chi connectivity index (χ1n) is 25.1. The highest BCUT2D eigenvalue weighted by Gasteiger charge is 2.30. The van der Waals surface area contributed by atoms with Crippen molar-refractivity contribution in [1.82, 2.24) is 0 Å². The minimum Gasteiger partial charge on any atom is -0.455 e. The van der Waals surface area contributed by atoms with Gasteiger partial charge in [0.05, 0.1) is 33.5 Å². The molecule has 0 saturated carbocycles. The molecule has 16 aromatic rings. The molecule has 0 bridgehead atoms. The smallest absolute Gasteiger partial charge is 0.159 e. The van der Waals surface area contributed by atoms with Gasteiger partial charge in [0.1, 0.15) is 33.5 Å². The maximum Gasteiger partial charge on any atom is 0.159 e. The van der Waals surface area contributed by atoms with Gasteiger partial charge in [-0.25, -0.2) is 0 Å². The molecule has 348 valence electrons. The van der Waals surface area contributed by atoms with Gasteiger partial charge in [-0.3, -0.25) is 0 Å². The number of furan rings is 4. The fourth-order valence-electron chi connectivity index (χ4n) is 12.2. The lowest BCUT2D eigenvalue weighted by molar-refractivity contribution is 0.668. The second kappa shape index (κ2) is 15.4. The van der Waals surface area contributed by atoms with Gasteiger partial charge in [0.2, 0.25) is 0 Å². The molecule has 74 heavy (non-hydrogen) atoms. The Morgan fingerprint density at radius 2 is 0.581 bits per heavy atom. The van der Waals surface area contributed by atoms with E-state index in [2.05, 4.69) is 230 Å². The van der Waals surface area contributed by atoms with Gasteiger partial charge >= 0.3 is 0 Å². The number of benzene rings is 12. The van der Waals surface area contributed by atoms with Crippen molar-refractivity contribution in [2.75, 3.05) is 9.80 Å². The summed E-state index contributed by atoms with van der Waals surface area (Å²) in [6, 6.07) is 77.4. The van der Waals surface area contributed by atoms with Crippen LogP contribution in [0.5, 0.6) is 0 Å². The lowest BCUT2D eigenvalue weighted by Crippen LogP contribution is -2.11. The van der Waals surface area contributed by atoms with Crippen LogP contribution in [0, 0.1) is 13.8 Å². The molecule has 0 aliphatic heterocycles. The summed E-state index contributed by atoms with van der Waals surface area (Å²) in [7, 11) is 0. The molecule has 6 nitrogen and oxygen atoms in total. The van der Waals surface area contributed by atoms with Crippen LogP contribution in [-0.4, -0.2) is 0 Å². The van der Waals surface area contributed by atoms with Crippen LogP contribution < -0.4 is 9.80 Å². The average molecular weight is 951 g/mol. The van der Waals surface area contributed by atoms with Crippen LogP contribution in [0.4, 0.5) is 34.1 Å². The van der Waals surface area contributed by atoms with E-state index in [0.29, 0.717) is 0 Å². The Bertz CT molecular complexity index is 4710. The van der Waals surface area contributed by atoms with Crippen LogP contribution in [0.1, 0.15) is 11.1 Å². The molecule has 0 N–H and O–H groups in total. The Balaban J connectivity index is 1.09. The van der Waals surface area contributed by atoms with Crippen LogP contribution >= 0.6 is 0 Å². The van der Waals surface area contributed by atoms with Crippen molar-refractivity contribution >= 4 is 154 Å². The van der Waals surface area contributed by atoms with Crippen molar-refractivity contribution in [2.24, 2.45) is 0 Å². The zero-order chi connectivity index (χ0) is 48.8. The fraction of sp³-hybridized carbons (Fsp3) is 0.0294. The fourth-order valence-corrected chi connectivity index (χ4v) is 12.2. The third-order valence-electron chi connectivity index (χ3n) is 15.3. The molecule has 6 heteroatoms. The molecule has 16 rings (SSSR count). The average Bonchev–Trinajstić information content (AvgIpc) is 4.23. The van der Waals surface area contributed by atoms with Gasteiger partial charge in [0, 0.05) is 54.5 Å². The quantitative estimate of drug-likeness (QED) is 0.155. The Morgan fingerprint density at radius 3 is 1.00 bits per heavy atom. The van der Waals surface area contributed by atoms with E-state index in [1.54, 1.807) is 0 Å². The van der Waals surface area contributed by atoms with E-state index in [1.807, 2.05) is 12.1 Å². The van der Waals surface area contributed by atoms with E-state index >= 15 is 0 Å². The maximum atomic E-state index is 7.36. The summed E-state index contributed by atoms with van der Waals surface area (Å²) in [4.78, 5) is 4.75. The summed E-state index contributed by atoms with van der Waals surface area (Å²) in [5.41, 5.74) is 14.6. The number of aryl methyl sites for hydroxylation is 2. The molecule has 0 spiro atoms. The molecule has 4 aromatic heterocycles. The van der Waals surface area contributed by atoms with Crippen LogP contribution in [0.25, 0.3) is 120 Å². The number of para-hydroxylation sites is 6.